The maximum atomic E-state index is 9.83. The summed E-state index contributed by atoms with van der Waals surface area (Å²) in [6, 6.07) is 0. The minimum absolute atomic E-state index is 0.620. The van der Waals surface area contributed by atoms with Crippen molar-refractivity contribution in [1.82, 2.24) is 0 Å². The Hall–Kier alpha value is -0.120. The highest BCUT2D eigenvalue weighted by molar-refractivity contribution is 4.71. The molecule has 1 N–H and O–H groups in total. The number of ether oxygens (including phenoxy) is 2. The van der Waals surface area contributed by atoms with Gasteiger partial charge < -0.3 is 14.6 Å². The van der Waals surface area contributed by atoms with Crippen LogP contribution in [0.4, 0.5) is 0 Å². The van der Waals surface area contributed by atoms with Gasteiger partial charge in [0.05, 0.1) is 13.2 Å². The van der Waals surface area contributed by atoms with Crippen LogP contribution >= 0.6 is 0 Å². The lowest BCUT2D eigenvalue weighted by atomic mass is 9.83. The van der Waals surface area contributed by atoms with Gasteiger partial charge in [-0.1, -0.05) is 19.8 Å². The van der Waals surface area contributed by atoms with E-state index in [0.29, 0.717) is 25.6 Å². The van der Waals surface area contributed by atoms with Crippen LogP contribution in [0.3, 0.4) is 0 Å². The summed E-state index contributed by atoms with van der Waals surface area (Å²) in [4.78, 5) is 0. The monoisotopic (exact) mass is 214 g/mol. The summed E-state index contributed by atoms with van der Waals surface area (Å²) in [5.41, 5.74) is 0. The molecule has 0 aromatic carbocycles. The lowest BCUT2D eigenvalue weighted by Gasteiger charge is -2.29. The number of aliphatic hydroxyl groups is 1. The van der Waals surface area contributed by atoms with E-state index in [1.807, 2.05) is 0 Å². The summed E-state index contributed by atoms with van der Waals surface area (Å²) >= 11 is 0. The molecule has 1 atom stereocenters. The van der Waals surface area contributed by atoms with Gasteiger partial charge in [0.25, 0.3) is 5.97 Å². The molecule has 1 heterocycles. The maximum Gasteiger partial charge on any atom is 0.280 e. The fraction of sp³-hybridized carbons (Fsp3) is 1.00. The van der Waals surface area contributed by atoms with Crippen LogP contribution in [0.15, 0.2) is 0 Å². The topological polar surface area (TPSA) is 38.7 Å². The molecule has 2 aliphatic rings. The molecule has 0 aromatic rings. The quantitative estimate of drug-likeness (QED) is 0.732. The van der Waals surface area contributed by atoms with Gasteiger partial charge in [-0.15, -0.1) is 0 Å². The van der Waals surface area contributed by atoms with Gasteiger partial charge in [0.2, 0.25) is 0 Å². The Morgan fingerprint density at radius 3 is 2.67 bits per heavy atom. The second-order valence-electron chi connectivity index (χ2n) is 5.10. The van der Waals surface area contributed by atoms with Crippen LogP contribution in [0.1, 0.15) is 45.4 Å². The third-order valence-corrected chi connectivity index (χ3v) is 3.64. The van der Waals surface area contributed by atoms with Crippen molar-refractivity contribution in [3.05, 3.63) is 0 Å². The molecule has 2 fully saturated rings. The molecule has 0 amide bonds. The molecule has 2 rings (SSSR count). The molecule has 0 bridgehead atoms. The third-order valence-electron chi connectivity index (χ3n) is 3.64. The number of hydrogen-bond acceptors (Lipinski definition) is 3. The highest BCUT2D eigenvalue weighted by Gasteiger charge is 2.34. The van der Waals surface area contributed by atoms with E-state index in [4.69, 9.17) is 9.47 Å². The Kier molecular flexibility index (Phi) is 3.65. The second-order valence-corrected chi connectivity index (χ2v) is 5.10. The van der Waals surface area contributed by atoms with Crippen molar-refractivity contribution >= 4 is 0 Å². The summed E-state index contributed by atoms with van der Waals surface area (Å²) in [5, 5.41) is 9.83. The fourth-order valence-electron chi connectivity index (χ4n) is 2.46. The molecular weight excluding hydrogens is 192 g/mol. The van der Waals surface area contributed by atoms with Crippen molar-refractivity contribution in [3.63, 3.8) is 0 Å². The molecule has 88 valence electrons. The zero-order valence-electron chi connectivity index (χ0n) is 9.58. The van der Waals surface area contributed by atoms with Crippen molar-refractivity contribution in [2.45, 2.75) is 51.4 Å². The van der Waals surface area contributed by atoms with Crippen LogP contribution in [0, 0.1) is 11.8 Å². The van der Waals surface area contributed by atoms with Gasteiger partial charge in [-0.25, -0.2) is 0 Å². The van der Waals surface area contributed by atoms with Crippen LogP contribution in [-0.4, -0.2) is 24.3 Å². The van der Waals surface area contributed by atoms with E-state index in [9.17, 15) is 5.11 Å². The van der Waals surface area contributed by atoms with Crippen LogP contribution in [0.2, 0.25) is 0 Å². The molecule has 3 heteroatoms. The average molecular weight is 214 g/mol. The Morgan fingerprint density at radius 1 is 1.33 bits per heavy atom. The van der Waals surface area contributed by atoms with Gasteiger partial charge in [-0.05, 0) is 31.1 Å². The molecule has 0 radical (unpaired) electrons. The molecule has 1 saturated heterocycles. The smallest absolute Gasteiger partial charge is 0.280 e. The third kappa shape index (κ3) is 3.16. The maximum absolute atomic E-state index is 9.83. The Morgan fingerprint density at radius 2 is 2.07 bits per heavy atom. The minimum atomic E-state index is -1.26. The predicted octanol–water partition coefficient (Wildman–Crippen LogP) is 2.29. The predicted molar refractivity (Wildman–Crippen MR) is 57.2 cm³/mol. The molecule has 1 unspecified atom stereocenters. The normalized spacial score (nSPS) is 42.0. The molecule has 1 aliphatic carbocycles. The highest BCUT2D eigenvalue weighted by Crippen LogP contribution is 2.31. The summed E-state index contributed by atoms with van der Waals surface area (Å²) in [5.74, 6) is 0.227. The first-order valence-corrected chi connectivity index (χ1v) is 6.18. The highest BCUT2D eigenvalue weighted by atomic mass is 16.8. The minimum Gasteiger partial charge on any atom is -0.343 e. The molecule has 1 saturated carbocycles. The molecular formula is C12H22O3. The molecule has 0 aromatic heterocycles. The van der Waals surface area contributed by atoms with Crippen molar-refractivity contribution in [2.24, 2.45) is 11.8 Å². The van der Waals surface area contributed by atoms with Crippen molar-refractivity contribution in [1.29, 1.82) is 0 Å². The van der Waals surface area contributed by atoms with Gasteiger partial charge in [0.15, 0.2) is 0 Å². The van der Waals surface area contributed by atoms with Crippen molar-refractivity contribution < 1.29 is 14.6 Å². The van der Waals surface area contributed by atoms with Gasteiger partial charge in [-0.2, -0.15) is 0 Å². The zero-order valence-corrected chi connectivity index (χ0v) is 9.58. The number of hydrogen-bond donors (Lipinski definition) is 1. The number of rotatable bonds is 3. The lowest BCUT2D eigenvalue weighted by Crippen LogP contribution is -2.33. The zero-order chi connectivity index (χ0) is 10.7. The first-order chi connectivity index (χ1) is 7.18. The Bertz CT molecular complexity index is 191. The summed E-state index contributed by atoms with van der Waals surface area (Å²) in [6.45, 7) is 3.59. The summed E-state index contributed by atoms with van der Waals surface area (Å²) in [7, 11) is 0. The van der Waals surface area contributed by atoms with Crippen molar-refractivity contribution in [2.75, 3.05) is 13.2 Å². The van der Waals surface area contributed by atoms with Crippen LogP contribution < -0.4 is 0 Å². The van der Waals surface area contributed by atoms with Crippen LogP contribution in [0.5, 0.6) is 0 Å². The lowest BCUT2D eigenvalue weighted by molar-refractivity contribution is -0.342. The van der Waals surface area contributed by atoms with E-state index in [2.05, 4.69) is 6.92 Å². The first kappa shape index (κ1) is 11.4. The van der Waals surface area contributed by atoms with E-state index in [1.165, 1.54) is 25.7 Å². The fourth-order valence-corrected chi connectivity index (χ4v) is 2.46. The molecule has 3 nitrogen and oxygen atoms in total. The second kappa shape index (κ2) is 4.81. The van der Waals surface area contributed by atoms with Crippen molar-refractivity contribution in [3.8, 4) is 0 Å². The molecule has 15 heavy (non-hydrogen) atoms. The summed E-state index contributed by atoms with van der Waals surface area (Å²) in [6.07, 6.45) is 6.59. The van der Waals surface area contributed by atoms with Gasteiger partial charge in [-0.3, -0.25) is 0 Å². The van der Waals surface area contributed by atoms with Gasteiger partial charge in [0, 0.05) is 6.42 Å². The Labute approximate surface area is 91.8 Å². The van der Waals surface area contributed by atoms with E-state index in [-0.39, 0.29) is 0 Å². The van der Waals surface area contributed by atoms with Gasteiger partial charge in [0.1, 0.15) is 0 Å². The largest absolute Gasteiger partial charge is 0.343 e. The Balaban J connectivity index is 1.69. The van der Waals surface area contributed by atoms with E-state index < -0.39 is 5.97 Å². The molecule has 0 spiro atoms. The molecule has 1 aliphatic heterocycles. The van der Waals surface area contributed by atoms with Gasteiger partial charge >= 0.3 is 0 Å². The van der Waals surface area contributed by atoms with E-state index >= 15 is 0 Å². The average Bonchev–Trinajstić information content (AvgIpc) is 2.65. The van der Waals surface area contributed by atoms with E-state index in [0.717, 1.165) is 12.3 Å². The summed E-state index contributed by atoms with van der Waals surface area (Å²) < 4.78 is 10.7. The van der Waals surface area contributed by atoms with Crippen LogP contribution in [0.25, 0.3) is 0 Å². The van der Waals surface area contributed by atoms with E-state index in [1.54, 1.807) is 0 Å². The van der Waals surface area contributed by atoms with Crippen LogP contribution in [-0.2, 0) is 9.47 Å². The standard InChI is InChI=1S/C12H22O3/c1-10-3-5-11(6-4-10)9-15-12(13)7-2-8-14-12/h10-11,13H,2-9H2,1H3. The SMILES string of the molecule is CC1CCC(COC2(O)CCCO2)CC1. The first-order valence-electron chi connectivity index (χ1n) is 6.18.